The molecule has 10 nitrogen and oxygen atoms in total. The summed E-state index contributed by atoms with van der Waals surface area (Å²) in [5, 5.41) is 5.27. The molecule has 0 unspecified atom stereocenters. The highest BCUT2D eigenvalue weighted by atomic mass is 16.5. The van der Waals surface area contributed by atoms with Crippen molar-refractivity contribution in [1.82, 2.24) is 15.6 Å². The number of hydrogen-bond acceptors (Lipinski definition) is 8. The fraction of sp³-hybridized carbons (Fsp3) is 0.747. The van der Waals surface area contributed by atoms with E-state index in [2.05, 4.69) is 270 Å². The lowest BCUT2D eigenvalue weighted by Gasteiger charge is -2.20. The fourth-order valence-electron chi connectivity index (χ4n) is 7.54. The molecule has 3 aromatic rings. The monoisotopic (exact) mass is 1190 g/mol. The number of carbonyl (C=O) groups excluding carboxylic acids is 2. The SMILES string of the molecule is CC(C)(C)CCNC(=O)C(=O)NCCC(C)(C)C.CC(C)(C)CCOCCOCCC(C)(C)C.CC(C)(C)CCOCCOCCOCCC(C)(C)C.CC(C)(C)Cc1cccc(CC(C)(C)C)n1.C[C@H](c1ccccc1)[C@@H](C)c1ccccc1. The van der Waals surface area contributed by atoms with Crippen LogP contribution in [0.25, 0.3) is 0 Å². The summed E-state index contributed by atoms with van der Waals surface area (Å²) in [4.78, 5) is 27.7. The molecule has 10 heteroatoms. The largest absolute Gasteiger partial charge is 0.379 e. The minimum Gasteiger partial charge on any atom is -0.379 e. The summed E-state index contributed by atoms with van der Waals surface area (Å²) >= 11 is 0. The van der Waals surface area contributed by atoms with Gasteiger partial charge in [0.05, 0.1) is 39.6 Å². The Balaban J connectivity index is 0. The molecule has 0 aliphatic heterocycles. The summed E-state index contributed by atoms with van der Waals surface area (Å²) in [6, 6.07) is 27.9. The minimum atomic E-state index is -0.534. The molecule has 2 atom stereocenters. The van der Waals surface area contributed by atoms with E-state index in [9.17, 15) is 9.59 Å². The van der Waals surface area contributed by atoms with Crippen LogP contribution in [0.2, 0.25) is 0 Å². The van der Waals surface area contributed by atoms with E-state index in [0.29, 0.717) is 83.8 Å². The number of amides is 2. The molecule has 2 amide bonds. The highest BCUT2D eigenvalue weighted by molar-refractivity contribution is 6.35. The van der Waals surface area contributed by atoms with Crippen LogP contribution in [0, 0.1) is 43.3 Å². The molecule has 0 radical (unpaired) electrons. The lowest BCUT2D eigenvalue weighted by Crippen LogP contribution is -2.41. The second kappa shape index (κ2) is 42.3. The van der Waals surface area contributed by atoms with Gasteiger partial charge in [0.2, 0.25) is 0 Å². The predicted molar refractivity (Wildman–Crippen MR) is 365 cm³/mol. The number of aromatic nitrogens is 1. The molecule has 0 fully saturated rings. The average molecular weight is 1190 g/mol. The molecule has 2 N–H and O–H groups in total. The van der Waals surface area contributed by atoms with E-state index >= 15 is 0 Å². The zero-order chi connectivity index (χ0) is 65.6. The van der Waals surface area contributed by atoms with Crippen molar-refractivity contribution in [2.45, 2.75) is 243 Å². The third-order valence-corrected chi connectivity index (χ3v) is 13.3. The number of ether oxygens (including phenoxy) is 5. The first kappa shape index (κ1) is 83.4. The van der Waals surface area contributed by atoms with Gasteiger partial charge in [-0.25, -0.2) is 0 Å². The number of nitrogens with one attached hydrogen (secondary N) is 2. The van der Waals surface area contributed by atoms with E-state index < -0.39 is 11.8 Å². The van der Waals surface area contributed by atoms with Gasteiger partial charge in [0.1, 0.15) is 0 Å². The highest BCUT2D eigenvalue weighted by Gasteiger charge is 2.19. The van der Waals surface area contributed by atoms with E-state index in [1.165, 1.54) is 22.5 Å². The third-order valence-electron chi connectivity index (χ3n) is 13.3. The van der Waals surface area contributed by atoms with Crippen molar-refractivity contribution in [3.05, 3.63) is 101 Å². The summed E-state index contributed by atoms with van der Waals surface area (Å²) in [5.41, 5.74) is 7.65. The van der Waals surface area contributed by atoms with Crippen LogP contribution < -0.4 is 10.6 Å². The first-order valence-corrected chi connectivity index (χ1v) is 32.4. The summed E-state index contributed by atoms with van der Waals surface area (Å²) in [7, 11) is 0. The Morgan fingerprint density at radius 1 is 0.329 bits per heavy atom. The third kappa shape index (κ3) is 59.1. The van der Waals surface area contributed by atoms with Gasteiger partial charge >= 0.3 is 11.8 Å². The molecule has 2 aromatic carbocycles. The van der Waals surface area contributed by atoms with Crippen LogP contribution in [0.1, 0.15) is 253 Å². The summed E-state index contributed by atoms with van der Waals surface area (Å²) in [6.07, 6.45) is 8.19. The Kier molecular flexibility index (Phi) is 41.5. The lowest BCUT2D eigenvalue weighted by molar-refractivity contribution is -0.139. The zero-order valence-electron chi connectivity index (χ0n) is 60.1. The minimum absolute atomic E-state index is 0.163. The molecule has 1 aromatic heterocycles. The molecule has 3 rings (SSSR count). The summed E-state index contributed by atoms with van der Waals surface area (Å²) < 4.78 is 27.5. The number of pyridine rings is 1. The number of nitrogens with zero attached hydrogens (tertiary/aromatic N) is 1. The van der Waals surface area contributed by atoms with Crippen molar-refractivity contribution in [3.63, 3.8) is 0 Å². The van der Waals surface area contributed by atoms with E-state index in [1.807, 2.05) is 0 Å². The van der Waals surface area contributed by atoms with E-state index in [1.54, 1.807) is 0 Å². The summed E-state index contributed by atoms with van der Waals surface area (Å²) in [5.74, 6) is 0.0496. The van der Waals surface area contributed by atoms with E-state index in [4.69, 9.17) is 28.7 Å². The second-order valence-electron chi connectivity index (χ2n) is 32.9. The van der Waals surface area contributed by atoms with Gasteiger partial charge in [-0.15, -0.1) is 0 Å². The first-order chi connectivity index (χ1) is 38.9. The topological polar surface area (TPSA) is 117 Å². The Hall–Kier alpha value is -3.67. The Labute approximate surface area is 525 Å². The van der Waals surface area contributed by atoms with Gasteiger partial charge < -0.3 is 34.3 Å². The van der Waals surface area contributed by atoms with Crippen LogP contribution in [0.15, 0.2) is 78.9 Å². The maximum absolute atomic E-state index is 11.5. The van der Waals surface area contributed by atoms with Crippen LogP contribution in [-0.2, 0) is 46.1 Å². The summed E-state index contributed by atoms with van der Waals surface area (Å²) in [6.45, 7) is 66.0. The van der Waals surface area contributed by atoms with Crippen molar-refractivity contribution < 1.29 is 33.3 Å². The van der Waals surface area contributed by atoms with Crippen molar-refractivity contribution in [2.24, 2.45) is 43.3 Å². The van der Waals surface area contributed by atoms with Crippen LogP contribution in [0.4, 0.5) is 0 Å². The molecule has 0 bridgehead atoms. The smallest absolute Gasteiger partial charge is 0.309 e. The highest BCUT2D eigenvalue weighted by Crippen LogP contribution is 2.32. The van der Waals surface area contributed by atoms with Crippen molar-refractivity contribution >= 4 is 11.8 Å². The van der Waals surface area contributed by atoms with Gasteiger partial charge in [-0.3, -0.25) is 14.6 Å². The number of benzene rings is 2. The molecule has 0 saturated heterocycles. The number of rotatable bonds is 26. The van der Waals surface area contributed by atoms with Crippen LogP contribution in [0.3, 0.4) is 0 Å². The Morgan fingerprint density at radius 2 is 0.565 bits per heavy atom. The molecule has 0 aliphatic rings. The Bertz CT molecular complexity index is 1960. The molecular weight excluding hydrogens is 1050 g/mol. The molecule has 492 valence electrons. The van der Waals surface area contributed by atoms with Gasteiger partial charge in [-0.05, 0) is 130 Å². The van der Waals surface area contributed by atoms with E-state index in [0.717, 1.165) is 91.0 Å². The predicted octanol–water partition coefficient (Wildman–Crippen LogP) is 18.7. The molecule has 0 spiro atoms. The first-order valence-electron chi connectivity index (χ1n) is 32.4. The normalized spacial score (nSPS) is 13.1. The zero-order valence-corrected chi connectivity index (χ0v) is 60.1. The average Bonchev–Trinajstić information content (AvgIpc) is 3.41. The van der Waals surface area contributed by atoms with Crippen molar-refractivity contribution in [1.29, 1.82) is 0 Å². The molecule has 0 saturated carbocycles. The number of carbonyl (C=O) groups is 2. The van der Waals surface area contributed by atoms with Gasteiger partial charge in [-0.1, -0.05) is 247 Å². The lowest BCUT2D eigenvalue weighted by atomic mass is 9.84. The van der Waals surface area contributed by atoms with Crippen molar-refractivity contribution in [2.75, 3.05) is 79.2 Å². The van der Waals surface area contributed by atoms with Gasteiger partial charge in [0, 0.05) is 50.9 Å². The van der Waals surface area contributed by atoms with Crippen LogP contribution in [0.5, 0.6) is 0 Å². The van der Waals surface area contributed by atoms with Gasteiger partial charge in [0.25, 0.3) is 0 Å². The molecule has 85 heavy (non-hydrogen) atoms. The van der Waals surface area contributed by atoms with Gasteiger partial charge in [0.15, 0.2) is 0 Å². The molecule has 1 heterocycles. The molecule has 0 aliphatic carbocycles. The van der Waals surface area contributed by atoms with Gasteiger partial charge in [-0.2, -0.15) is 0 Å². The van der Waals surface area contributed by atoms with Crippen LogP contribution in [-0.4, -0.2) is 96.0 Å². The standard InChI is InChI=1S/C16H34O3.C16H18.C15H25N.C14H28N2O2.C14H30O2/c1-15(2,3)7-9-17-11-13-19-14-12-18-10-8-16(4,5)6;1-13(15-9-5-3-6-10-15)14(2)16-11-7-4-8-12-16;1-14(2,3)10-12-8-7-9-13(16-12)11-15(4,5)6;1-13(2,3)7-9-15-11(17)12(18)16-10-8-14(4,5)6;1-13(2,3)7-9-15-11-12-16-10-8-14(4,5)6/h7-14H2,1-6H3;3-14H,1-2H3;7-9H,10-11H2,1-6H3;7-10H2,1-6H3,(H,15,17)(H,16,18);7-12H2,1-6H3/t;13-,14+;;;. The number of hydrogen-bond donors (Lipinski definition) is 2. The van der Waals surface area contributed by atoms with E-state index in [-0.39, 0.29) is 10.8 Å². The van der Waals surface area contributed by atoms with Crippen LogP contribution >= 0.6 is 0 Å². The second-order valence-corrected chi connectivity index (χ2v) is 32.9. The molecular formula is C75H135N3O7. The van der Waals surface area contributed by atoms with Crippen molar-refractivity contribution in [3.8, 4) is 0 Å². The Morgan fingerprint density at radius 3 is 0.788 bits per heavy atom. The maximum Gasteiger partial charge on any atom is 0.309 e. The fourth-order valence-corrected chi connectivity index (χ4v) is 7.54. The quantitative estimate of drug-likeness (QED) is 0.0603. The maximum atomic E-state index is 11.5.